The smallest absolute Gasteiger partial charge is 0.305 e. The Bertz CT molecular complexity index is 263. The Hall–Kier alpha value is -0.610. The molecule has 0 aromatic rings. The monoisotopic (exact) mass is 227 g/mol. The molecule has 1 saturated heterocycles. The zero-order chi connectivity index (χ0) is 11.6. The molecule has 1 N–H and O–H groups in total. The van der Waals surface area contributed by atoms with Crippen LogP contribution in [0.5, 0.6) is 0 Å². The number of carbonyl (C=O) groups is 1. The van der Waals surface area contributed by atoms with E-state index in [2.05, 4.69) is 11.8 Å². The van der Waals surface area contributed by atoms with Gasteiger partial charge in [0, 0.05) is 12.6 Å². The van der Waals surface area contributed by atoms with Crippen LogP contribution < -0.4 is 0 Å². The van der Waals surface area contributed by atoms with Gasteiger partial charge in [-0.15, -0.1) is 0 Å². The third kappa shape index (κ3) is 2.74. The first-order valence-corrected chi connectivity index (χ1v) is 6.19. The minimum absolute atomic E-state index is 0.115. The molecule has 4 nitrogen and oxygen atoms in total. The molecule has 1 atom stereocenters. The second-order valence-corrected chi connectivity index (χ2v) is 5.14. The van der Waals surface area contributed by atoms with Gasteiger partial charge in [-0.3, -0.25) is 9.69 Å². The van der Waals surface area contributed by atoms with Gasteiger partial charge >= 0.3 is 5.97 Å². The van der Waals surface area contributed by atoms with Gasteiger partial charge < -0.3 is 9.84 Å². The van der Waals surface area contributed by atoms with E-state index < -0.39 is 5.97 Å². The number of hydrogen-bond donors (Lipinski definition) is 1. The van der Waals surface area contributed by atoms with Crippen LogP contribution in [0.4, 0.5) is 0 Å². The third-order valence-electron chi connectivity index (χ3n) is 3.86. The van der Waals surface area contributed by atoms with Crippen LogP contribution in [0.2, 0.25) is 0 Å². The van der Waals surface area contributed by atoms with Gasteiger partial charge in [0.1, 0.15) is 0 Å². The van der Waals surface area contributed by atoms with Crippen LogP contribution in [0.25, 0.3) is 0 Å². The van der Waals surface area contributed by atoms with Gasteiger partial charge in [0.15, 0.2) is 0 Å². The van der Waals surface area contributed by atoms with Gasteiger partial charge in [0.2, 0.25) is 0 Å². The summed E-state index contributed by atoms with van der Waals surface area (Å²) in [4.78, 5) is 12.8. The molecule has 16 heavy (non-hydrogen) atoms. The first kappa shape index (κ1) is 11.9. The maximum atomic E-state index is 10.3. The predicted molar refractivity (Wildman–Crippen MR) is 60.4 cm³/mol. The van der Waals surface area contributed by atoms with E-state index >= 15 is 0 Å². The topological polar surface area (TPSA) is 49.8 Å². The lowest BCUT2D eigenvalue weighted by molar-refractivity contribution is -0.138. The second-order valence-electron chi connectivity index (χ2n) is 5.14. The SMILES string of the molecule is CCN1CC2(CC2)C[C@@H]1COCCC(=O)O. The fraction of sp³-hybridized carbons (Fsp3) is 0.917. The van der Waals surface area contributed by atoms with Crippen LogP contribution in [-0.2, 0) is 9.53 Å². The molecule has 0 bridgehead atoms. The summed E-state index contributed by atoms with van der Waals surface area (Å²) in [5.74, 6) is -0.780. The van der Waals surface area contributed by atoms with Gasteiger partial charge in [0.25, 0.3) is 0 Å². The molecule has 2 aliphatic rings. The summed E-state index contributed by atoms with van der Waals surface area (Å²) in [6.45, 7) is 5.52. The van der Waals surface area contributed by atoms with Crippen molar-refractivity contribution in [1.82, 2.24) is 4.90 Å². The molecule has 0 aromatic carbocycles. The first-order valence-electron chi connectivity index (χ1n) is 6.19. The van der Waals surface area contributed by atoms with Crippen molar-refractivity contribution in [1.29, 1.82) is 0 Å². The second kappa shape index (κ2) is 4.72. The Balaban J connectivity index is 1.70. The van der Waals surface area contributed by atoms with E-state index in [1.807, 2.05) is 0 Å². The molecule has 1 saturated carbocycles. The summed E-state index contributed by atoms with van der Waals surface area (Å²) in [6, 6.07) is 0.515. The van der Waals surface area contributed by atoms with E-state index in [-0.39, 0.29) is 6.42 Å². The Labute approximate surface area is 96.6 Å². The minimum Gasteiger partial charge on any atom is -0.481 e. The van der Waals surface area contributed by atoms with Gasteiger partial charge in [-0.05, 0) is 31.2 Å². The lowest BCUT2D eigenvalue weighted by Gasteiger charge is -2.22. The molecule has 92 valence electrons. The average Bonchev–Trinajstić information content (AvgIpc) is 2.88. The van der Waals surface area contributed by atoms with Crippen molar-refractivity contribution in [3.05, 3.63) is 0 Å². The quantitative estimate of drug-likeness (QED) is 0.696. The van der Waals surface area contributed by atoms with Gasteiger partial charge in [-0.2, -0.15) is 0 Å². The predicted octanol–water partition coefficient (Wildman–Crippen LogP) is 1.35. The highest BCUT2D eigenvalue weighted by Crippen LogP contribution is 2.54. The Morgan fingerprint density at radius 1 is 1.56 bits per heavy atom. The highest BCUT2D eigenvalue weighted by Gasteiger charge is 2.51. The van der Waals surface area contributed by atoms with E-state index in [0.717, 1.165) is 6.54 Å². The van der Waals surface area contributed by atoms with E-state index in [9.17, 15) is 4.79 Å². The lowest BCUT2D eigenvalue weighted by atomic mass is 10.0. The molecule has 1 spiro atoms. The number of aliphatic carboxylic acids is 1. The lowest BCUT2D eigenvalue weighted by Crippen LogP contribution is -2.33. The Kier molecular flexibility index (Phi) is 3.50. The van der Waals surface area contributed by atoms with Crippen LogP contribution in [0, 0.1) is 5.41 Å². The van der Waals surface area contributed by atoms with Crippen molar-refractivity contribution in [2.75, 3.05) is 26.3 Å². The highest BCUT2D eigenvalue weighted by atomic mass is 16.5. The van der Waals surface area contributed by atoms with Crippen LogP contribution >= 0.6 is 0 Å². The largest absolute Gasteiger partial charge is 0.481 e. The number of rotatable bonds is 6. The van der Waals surface area contributed by atoms with Crippen LogP contribution in [0.3, 0.4) is 0 Å². The number of carboxylic acids is 1. The molecule has 0 amide bonds. The normalized spacial score (nSPS) is 27.4. The summed E-state index contributed by atoms with van der Waals surface area (Å²) < 4.78 is 5.46. The number of carboxylic acid groups (broad SMARTS) is 1. The number of hydrogen-bond acceptors (Lipinski definition) is 3. The molecule has 2 fully saturated rings. The van der Waals surface area contributed by atoms with Gasteiger partial charge in [-0.1, -0.05) is 6.92 Å². The zero-order valence-corrected chi connectivity index (χ0v) is 9.95. The summed E-state index contributed by atoms with van der Waals surface area (Å²) in [6.07, 6.45) is 4.10. The van der Waals surface area contributed by atoms with E-state index in [1.54, 1.807) is 0 Å². The summed E-state index contributed by atoms with van der Waals surface area (Å²) in [5.41, 5.74) is 0.608. The van der Waals surface area contributed by atoms with Crippen molar-refractivity contribution in [3.63, 3.8) is 0 Å². The minimum atomic E-state index is -0.780. The number of nitrogens with zero attached hydrogens (tertiary/aromatic N) is 1. The molecule has 0 aromatic heterocycles. The summed E-state index contributed by atoms with van der Waals surface area (Å²) in [7, 11) is 0. The third-order valence-corrected chi connectivity index (χ3v) is 3.86. The fourth-order valence-electron chi connectivity index (χ4n) is 2.71. The van der Waals surface area contributed by atoms with Crippen molar-refractivity contribution < 1.29 is 14.6 Å². The zero-order valence-electron chi connectivity index (χ0n) is 9.95. The number of likely N-dealkylation sites (N-methyl/N-ethyl adjacent to an activating group) is 1. The van der Waals surface area contributed by atoms with Crippen molar-refractivity contribution in [3.8, 4) is 0 Å². The maximum Gasteiger partial charge on any atom is 0.305 e. The van der Waals surface area contributed by atoms with Gasteiger partial charge in [-0.25, -0.2) is 0 Å². The maximum absolute atomic E-state index is 10.3. The van der Waals surface area contributed by atoms with Crippen molar-refractivity contribution >= 4 is 5.97 Å². The Morgan fingerprint density at radius 3 is 2.88 bits per heavy atom. The number of ether oxygens (including phenoxy) is 1. The van der Waals surface area contributed by atoms with Crippen LogP contribution in [0.1, 0.15) is 32.6 Å². The highest BCUT2D eigenvalue weighted by molar-refractivity contribution is 5.66. The summed E-state index contributed by atoms with van der Waals surface area (Å²) >= 11 is 0. The fourth-order valence-corrected chi connectivity index (χ4v) is 2.71. The van der Waals surface area contributed by atoms with E-state index in [1.165, 1.54) is 25.8 Å². The molecule has 1 aliphatic carbocycles. The van der Waals surface area contributed by atoms with E-state index in [0.29, 0.717) is 24.7 Å². The molecule has 4 heteroatoms. The van der Waals surface area contributed by atoms with Crippen molar-refractivity contribution in [2.45, 2.75) is 38.6 Å². The number of likely N-dealkylation sites (tertiary alicyclic amines) is 1. The van der Waals surface area contributed by atoms with E-state index in [4.69, 9.17) is 9.84 Å². The molecule has 1 aliphatic heterocycles. The molecular weight excluding hydrogens is 206 g/mol. The molecule has 2 rings (SSSR count). The molecule has 0 unspecified atom stereocenters. The molecular formula is C12H21NO3. The van der Waals surface area contributed by atoms with Gasteiger partial charge in [0.05, 0.1) is 19.6 Å². The Morgan fingerprint density at radius 2 is 2.31 bits per heavy atom. The average molecular weight is 227 g/mol. The van der Waals surface area contributed by atoms with Crippen LogP contribution in [0.15, 0.2) is 0 Å². The molecule has 1 heterocycles. The van der Waals surface area contributed by atoms with Crippen LogP contribution in [-0.4, -0.2) is 48.3 Å². The first-order chi connectivity index (χ1) is 7.65. The summed E-state index contributed by atoms with van der Waals surface area (Å²) in [5, 5.41) is 8.51. The standard InChI is InChI=1S/C12H21NO3/c1-2-13-9-12(4-5-12)7-10(13)8-16-6-3-11(14)15/h10H,2-9H2,1H3,(H,14,15)/t10-/m1/s1. The molecule has 0 radical (unpaired) electrons. The van der Waals surface area contributed by atoms with Crippen molar-refractivity contribution in [2.24, 2.45) is 5.41 Å².